The van der Waals surface area contributed by atoms with Crippen LogP contribution in [0, 0.1) is 12.7 Å². The number of aryl methyl sites for hydroxylation is 1. The Balaban J connectivity index is 2.12. The molecule has 2 aromatic carbocycles. The summed E-state index contributed by atoms with van der Waals surface area (Å²) in [5, 5.41) is 2.75. The second-order valence-corrected chi connectivity index (χ2v) is 5.94. The summed E-state index contributed by atoms with van der Waals surface area (Å²) in [6, 6.07) is 11.4. The third kappa shape index (κ3) is 4.81. The number of para-hydroxylation sites is 2. The molecule has 0 atom stereocenters. The van der Waals surface area contributed by atoms with Gasteiger partial charge in [0.15, 0.2) is 0 Å². The monoisotopic (exact) mass is 358 g/mol. The molecular weight excluding hydrogens is 335 g/mol. The molecule has 0 aliphatic rings. The van der Waals surface area contributed by atoms with Gasteiger partial charge >= 0.3 is 0 Å². The molecular formula is C20H23FN2O3. The van der Waals surface area contributed by atoms with Gasteiger partial charge in [-0.25, -0.2) is 4.39 Å². The first-order valence-corrected chi connectivity index (χ1v) is 8.44. The molecule has 138 valence electrons. The van der Waals surface area contributed by atoms with Crippen molar-refractivity contribution in [3.63, 3.8) is 0 Å². The first kappa shape index (κ1) is 19.4. The number of nitrogens with one attached hydrogen (secondary N) is 1. The van der Waals surface area contributed by atoms with E-state index in [4.69, 9.17) is 4.74 Å². The van der Waals surface area contributed by atoms with Crippen molar-refractivity contribution in [2.75, 3.05) is 25.5 Å². The van der Waals surface area contributed by atoms with E-state index in [2.05, 4.69) is 5.32 Å². The number of hydrogen-bond donors (Lipinski definition) is 1. The van der Waals surface area contributed by atoms with Crippen LogP contribution in [0.15, 0.2) is 42.5 Å². The molecule has 2 aromatic rings. The van der Waals surface area contributed by atoms with Crippen LogP contribution in [-0.2, 0) is 4.79 Å². The maximum absolute atomic E-state index is 13.8. The van der Waals surface area contributed by atoms with Crippen LogP contribution in [0.1, 0.15) is 29.3 Å². The van der Waals surface area contributed by atoms with Crippen LogP contribution in [-0.4, -0.2) is 36.9 Å². The van der Waals surface area contributed by atoms with Crippen molar-refractivity contribution in [1.29, 1.82) is 0 Å². The van der Waals surface area contributed by atoms with Crippen LogP contribution in [0.2, 0.25) is 0 Å². The SMILES string of the molecule is CCCN(CC(=O)Nc1ccccc1OC)C(=O)c1ccc(C)c(F)c1. The number of ether oxygens (including phenoxy) is 1. The first-order valence-electron chi connectivity index (χ1n) is 8.44. The Morgan fingerprint density at radius 2 is 1.92 bits per heavy atom. The van der Waals surface area contributed by atoms with Gasteiger partial charge in [0.25, 0.3) is 5.91 Å². The molecule has 0 aliphatic heterocycles. The Kier molecular flexibility index (Phi) is 6.72. The molecule has 2 amide bonds. The summed E-state index contributed by atoms with van der Waals surface area (Å²) in [5.41, 5.74) is 1.23. The average molecular weight is 358 g/mol. The van der Waals surface area contributed by atoms with Gasteiger partial charge < -0.3 is 15.0 Å². The molecule has 5 nitrogen and oxygen atoms in total. The Morgan fingerprint density at radius 1 is 1.19 bits per heavy atom. The highest BCUT2D eigenvalue weighted by Crippen LogP contribution is 2.23. The molecule has 6 heteroatoms. The molecule has 1 N–H and O–H groups in total. The zero-order valence-electron chi connectivity index (χ0n) is 15.2. The Morgan fingerprint density at radius 3 is 2.58 bits per heavy atom. The van der Waals surface area contributed by atoms with Gasteiger partial charge in [-0.1, -0.05) is 25.1 Å². The Hall–Kier alpha value is -2.89. The lowest BCUT2D eigenvalue weighted by molar-refractivity contribution is -0.116. The molecule has 0 aliphatic carbocycles. The molecule has 0 saturated carbocycles. The fraction of sp³-hybridized carbons (Fsp3) is 0.300. The van der Waals surface area contributed by atoms with Crippen molar-refractivity contribution in [3.8, 4) is 5.75 Å². The van der Waals surface area contributed by atoms with Gasteiger partial charge in [-0.3, -0.25) is 9.59 Å². The summed E-state index contributed by atoms with van der Waals surface area (Å²) < 4.78 is 19.0. The summed E-state index contributed by atoms with van der Waals surface area (Å²) in [5.74, 6) is -0.620. The number of nitrogens with zero attached hydrogens (tertiary/aromatic N) is 1. The van der Waals surface area contributed by atoms with E-state index >= 15 is 0 Å². The molecule has 0 aromatic heterocycles. The number of rotatable bonds is 7. The fourth-order valence-electron chi connectivity index (χ4n) is 2.54. The molecule has 0 radical (unpaired) electrons. The van der Waals surface area contributed by atoms with E-state index in [1.54, 1.807) is 43.3 Å². The minimum Gasteiger partial charge on any atom is -0.495 e. The number of halogens is 1. The molecule has 0 fully saturated rings. The summed E-state index contributed by atoms with van der Waals surface area (Å²) in [4.78, 5) is 26.5. The molecule has 0 heterocycles. The predicted molar refractivity (Wildman–Crippen MR) is 99.0 cm³/mol. The van der Waals surface area contributed by atoms with E-state index in [-0.39, 0.29) is 23.9 Å². The van der Waals surface area contributed by atoms with Crippen molar-refractivity contribution < 1.29 is 18.7 Å². The third-order valence-corrected chi connectivity index (χ3v) is 3.92. The number of amides is 2. The minimum absolute atomic E-state index is 0.125. The van der Waals surface area contributed by atoms with E-state index in [9.17, 15) is 14.0 Å². The normalized spacial score (nSPS) is 10.3. The zero-order valence-corrected chi connectivity index (χ0v) is 15.2. The van der Waals surface area contributed by atoms with Gasteiger partial charge in [-0.15, -0.1) is 0 Å². The lowest BCUT2D eigenvalue weighted by Gasteiger charge is -2.22. The molecule has 0 spiro atoms. The minimum atomic E-state index is -0.439. The summed E-state index contributed by atoms with van der Waals surface area (Å²) in [6.45, 7) is 3.82. The molecule has 0 bridgehead atoms. The summed E-state index contributed by atoms with van der Waals surface area (Å²) >= 11 is 0. The van der Waals surface area contributed by atoms with E-state index in [1.807, 2.05) is 6.92 Å². The standard InChI is InChI=1S/C20H23FN2O3/c1-4-11-23(20(25)15-10-9-14(2)16(21)12-15)13-19(24)22-17-7-5-6-8-18(17)26-3/h5-10,12H,4,11,13H2,1-3H3,(H,22,24). The Bertz CT molecular complexity index is 792. The number of hydrogen-bond acceptors (Lipinski definition) is 3. The van der Waals surface area contributed by atoms with Crippen LogP contribution in [0.5, 0.6) is 5.75 Å². The second kappa shape index (κ2) is 8.99. The molecule has 2 rings (SSSR count). The van der Waals surface area contributed by atoms with Crippen LogP contribution in [0.25, 0.3) is 0 Å². The highest BCUT2D eigenvalue weighted by molar-refractivity contribution is 5.99. The van der Waals surface area contributed by atoms with E-state index in [1.165, 1.54) is 18.1 Å². The van der Waals surface area contributed by atoms with Crippen molar-refractivity contribution in [1.82, 2.24) is 4.90 Å². The number of carbonyl (C=O) groups excluding carboxylic acids is 2. The largest absolute Gasteiger partial charge is 0.495 e. The third-order valence-electron chi connectivity index (χ3n) is 3.92. The number of benzene rings is 2. The molecule has 26 heavy (non-hydrogen) atoms. The Labute approximate surface area is 152 Å². The zero-order chi connectivity index (χ0) is 19.1. The smallest absolute Gasteiger partial charge is 0.254 e. The first-order chi connectivity index (χ1) is 12.5. The topological polar surface area (TPSA) is 58.6 Å². The van der Waals surface area contributed by atoms with Crippen LogP contribution in [0.4, 0.5) is 10.1 Å². The van der Waals surface area contributed by atoms with Crippen molar-refractivity contribution in [2.45, 2.75) is 20.3 Å². The van der Waals surface area contributed by atoms with Crippen LogP contribution in [0.3, 0.4) is 0 Å². The number of carbonyl (C=O) groups is 2. The molecule has 0 unspecified atom stereocenters. The van der Waals surface area contributed by atoms with Crippen LogP contribution < -0.4 is 10.1 Å². The van der Waals surface area contributed by atoms with Crippen molar-refractivity contribution in [2.24, 2.45) is 0 Å². The highest BCUT2D eigenvalue weighted by Gasteiger charge is 2.19. The fourth-order valence-corrected chi connectivity index (χ4v) is 2.54. The van der Waals surface area contributed by atoms with Crippen LogP contribution >= 0.6 is 0 Å². The van der Waals surface area contributed by atoms with Gasteiger partial charge in [-0.05, 0) is 43.2 Å². The van der Waals surface area contributed by atoms with Gasteiger partial charge in [-0.2, -0.15) is 0 Å². The molecule has 0 saturated heterocycles. The van der Waals surface area contributed by atoms with Gasteiger partial charge in [0.05, 0.1) is 12.8 Å². The van der Waals surface area contributed by atoms with E-state index in [0.29, 0.717) is 30.0 Å². The van der Waals surface area contributed by atoms with E-state index < -0.39 is 5.82 Å². The maximum atomic E-state index is 13.8. The number of methoxy groups -OCH3 is 1. The lowest BCUT2D eigenvalue weighted by Crippen LogP contribution is -2.38. The van der Waals surface area contributed by atoms with E-state index in [0.717, 1.165) is 0 Å². The lowest BCUT2D eigenvalue weighted by atomic mass is 10.1. The van der Waals surface area contributed by atoms with Gasteiger partial charge in [0.2, 0.25) is 5.91 Å². The van der Waals surface area contributed by atoms with Gasteiger partial charge in [0, 0.05) is 12.1 Å². The van der Waals surface area contributed by atoms with Crippen molar-refractivity contribution in [3.05, 3.63) is 59.4 Å². The summed E-state index contributed by atoms with van der Waals surface area (Å²) in [6.07, 6.45) is 0.683. The summed E-state index contributed by atoms with van der Waals surface area (Å²) in [7, 11) is 1.52. The quantitative estimate of drug-likeness (QED) is 0.822. The second-order valence-electron chi connectivity index (χ2n) is 5.94. The van der Waals surface area contributed by atoms with Gasteiger partial charge in [0.1, 0.15) is 18.1 Å². The number of anilines is 1. The van der Waals surface area contributed by atoms with Crippen molar-refractivity contribution >= 4 is 17.5 Å². The average Bonchev–Trinajstić information content (AvgIpc) is 2.63. The predicted octanol–water partition coefficient (Wildman–Crippen LogP) is 3.63. The maximum Gasteiger partial charge on any atom is 0.254 e. The highest BCUT2D eigenvalue weighted by atomic mass is 19.1.